The van der Waals surface area contributed by atoms with Gasteiger partial charge in [-0.15, -0.1) is 0 Å². The molecule has 0 aliphatic carbocycles. The molecular weight excluding hydrogens is 282 g/mol. The van der Waals surface area contributed by atoms with Crippen LogP contribution >= 0.6 is 0 Å². The second-order valence-corrected chi connectivity index (χ2v) is 7.17. The van der Waals surface area contributed by atoms with Gasteiger partial charge in [-0.3, -0.25) is 0 Å². The molecule has 3 nitrogen and oxygen atoms in total. The van der Waals surface area contributed by atoms with Crippen LogP contribution in [0, 0.1) is 0 Å². The smallest absolute Gasteiger partial charge is 0.180 e. The highest BCUT2D eigenvalue weighted by molar-refractivity contribution is 7.91. The predicted octanol–water partition coefficient (Wildman–Crippen LogP) is 3.65. The topological polar surface area (TPSA) is 46.2 Å². The molecule has 4 heteroatoms. The van der Waals surface area contributed by atoms with Gasteiger partial charge in [-0.05, 0) is 29.7 Å². The minimum atomic E-state index is -3.21. The molecule has 0 atom stereocenters. The van der Waals surface area contributed by atoms with Crippen molar-refractivity contribution in [1.82, 2.24) is 0 Å². The highest BCUT2D eigenvalue weighted by Gasteiger charge is 2.15. The van der Waals surface area contributed by atoms with Gasteiger partial charge in [0.25, 0.3) is 0 Å². The lowest BCUT2D eigenvalue weighted by molar-refractivity contribution is 0.597. The number of hydrogen-bond donors (Lipinski definition) is 1. The minimum Gasteiger partial charge on any atom is -0.380 e. The van der Waals surface area contributed by atoms with Gasteiger partial charge in [0.2, 0.25) is 0 Å². The van der Waals surface area contributed by atoms with Crippen LogP contribution in [0.1, 0.15) is 25.0 Å². The molecule has 21 heavy (non-hydrogen) atoms. The van der Waals surface area contributed by atoms with Crippen molar-refractivity contribution in [1.29, 1.82) is 0 Å². The third kappa shape index (κ3) is 3.85. The van der Waals surface area contributed by atoms with Gasteiger partial charge in [0.05, 0.1) is 16.3 Å². The van der Waals surface area contributed by atoms with Crippen molar-refractivity contribution in [3.8, 4) is 0 Å². The summed E-state index contributed by atoms with van der Waals surface area (Å²) in [4.78, 5) is 0.373. The molecule has 0 saturated heterocycles. The van der Waals surface area contributed by atoms with Crippen LogP contribution in [0.25, 0.3) is 0 Å². The molecule has 0 spiro atoms. The molecule has 0 aromatic heterocycles. The molecule has 2 aromatic rings. The first-order chi connectivity index (χ1) is 10.1. The molecule has 112 valence electrons. The van der Waals surface area contributed by atoms with Gasteiger partial charge in [0, 0.05) is 6.54 Å². The largest absolute Gasteiger partial charge is 0.380 e. The molecule has 0 amide bonds. The van der Waals surface area contributed by atoms with Crippen LogP contribution in [-0.2, 0) is 22.8 Å². The Kier molecular flexibility index (Phi) is 5.02. The van der Waals surface area contributed by atoms with Gasteiger partial charge in [-0.25, -0.2) is 8.42 Å². The molecule has 0 aliphatic heterocycles. The van der Waals surface area contributed by atoms with Crippen LogP contribution < -0.4 is 5.32 Å². The van der Waals surface area contributed by atoms with Crippen molar-refractivity contribution < 1.29 is 8.42 Å². The van der Waals surface area contributed by atoms with E-state index in [0.29, 0.717) is 17.1 Å². The van der Waals surface area contributed by atoms with E-state index in [1.165, 1.54) is 5.56 Å². The quantitative estimate of drug-likeness (QED) is 0.886. The third-order valence-corrected chi connectivity index (χ3v) is 5.30. The summed E-state index contributed by atoms with van der Waals surface area (Å²) in [6.45, 7) is 4.40. The average Bonchev–Trinajstić information content (AvgIpc) is 2.53. The zero-order valence-electron chi connectivity index (χ0n) is 12.5. The van der Waals surface area contributed by atoms with Crippen molar-refractivity contribution in [2.24, 2.45) is 0 Å². The molecule has 2 rings (SSSR count). The fraction of sp³-hybridized carbons (Fsp3) is 0.294. The Bertz CT molecular complexity index is 691. The first-order valence-electron chi connectivity index (χ1n) is 7.20. The number of anilines is 1. The molecule has 1 N–H and O–H groups in total. The maximum atomic E-state index is 12.1. The average molecular weight is 303 g/mol. The van der Waals surface area contributed by atoms with Crippen molar-refractivity contribution in [3.05, 3.63) is 59.7 Å². The van der Waals surface area contributed by atoms with Crippen molar-refractivity contribution in [3.63, 3.8) is 0 Å². The first kappa shape index (κ1) is 15.6. The summed E-state index contributed by atoms with van der Waals surface area (Å²) < 4.78 is 24.2. The predicted molar refractivity (Wildman–Crippen MR) is 87.3 cm³/mol. The maximum absolute atomic E-state index is 12.1. The summed E-state index contributed by atoms with van der Waals surface area (Å²) in [6.07, 6.45) is 1.02. The fourth-order valence-electron chi connectivity index (χ4n) is 2.13. The summed E-state index contributed by atoms with van der Waals surface area (Å²) in [7, 11) is -3.21. The highest BCUT2D eigenvalue weighted by Crippen LogP contribution is 2.22. The second kappa shape index (κ2) is 6.76. The fourth-order valence-corrected chi connectivity index (χ4v) is 3.20. The van der Waals surface area contributed by atoms with Gasteiger partial charge in [-0.1, -0.05) is 50.2 Å². The highest BCUT2D eigenvalue weighted by atomic mass is 32.2. The van der Waals surface area contributed by atoms with E-state index in [0.717, 1.165) is 12.0 Å². The van der Waals surface area contributed by atoms with E-state index in [1.54, 1.807) is 19.1 Å². The zero-order valence-corrected chi connectivity index (χ0v) is 13.3. The Morgan fingerprint density at radius 3 is 2.14 bits per heavy atom. The molecule has 0 radical (unpaired) electrons. The first-order valence-corrected chi connectivity index (χ1v) is 8.85. The third-order valence-electron chi connectivity index (χ3n) is 3.52. The summed E-state index contributed by atoms with van der Waals surface area (Å²) >= 11 is 0. The Morgan fingerprint density at radius 2 is 1.52 bits per heavy atom. The Labute approximate surface area is 126 Å². The number of aryl methyl sites for hydroxylation is 1. The monoisotopic (exact) mass is 303 g/mol. The van der Waals surface area contributed by atoms with E-state index >= 15 is 0 Å². The lowest BCUT2D eigenvalue weighted by Crippen LogP contribution is -2.09. The van der Waals surface area contributed by atoms with Crippen LogP contribution in [0.4, 0.5) is 5.69 Å². The van der Waals surface area contributed by atoms with Gasteiger partial charge >= 0.3 is 0 Å². The number of benzene rings is 2. The summed E-state index contributed by atoms with van der Waals surface area (Å²) in [5.41, 5.74) is 3.10. The second-order valence-electron chi connectivity index (χ2n) is 4.92. The van der Waals surface area contributed by atoms with E-state index in [1.807, 2.05) is 12.1 Å². The molecule has 0 heterocycles. The van der Waals surface area contributed by atoms with Crippen LogP contribution in [0.5, 0.6) is 0 Å². The molecule has 2 aromatic carbocycles. The number of para-hydroxylation sites is 1. The summed E-state index contributed by atoms with van der Waals surface area (Å²) in [5, 5.41) is 3.23. The Hall–Kier alpha value is -1.81. The van der Waals surface area contributed by atoms with Gasteiger partial charge in [0.1, 0.15) is 0 Å². The van der Waals surface area contributed by atoms with Crippen LogP contribution in [0.3, 0.4) is 0 Å². The van der Waals surface area contributed by atoms with Crippen molar-refractivity contribution >= 4 is 15.5 Å². The number of rotatable bonds is 6. The SMILES string of the molecule is CCc1ccc(CNc2ccccc2S(=O)(=O)CC)cc1. The van der Waals surface area contributed by atoms with Crippen LogP contribution in [0.15, 0.2) is 53.4 Å². The Morgan fingerprint density at radius 1 is 0.905 bits per heavy atom. The van der Waals surface area contributed by atoms with Crippen molar-refractivity contribution in [2.75, 3.05) is 11.1 Å². The molecule has 0 aliphatic rings. The summed E-state index contributed by atoms with van der Waals surface area (Å²) in [5.74, 6) is 0.108. The molecule has 0 fully saturated rings. The zero-order chi connectivity index (χ0) is 15.3. The van der Waals surface area contributed by atoms with E-state index in [2.05, 4.69) is 36.5 Å². The minimum absolute atomic E-state index is 0.108. The standard InChI is InChI=1S/C17H21NO2S/c1-3-14-9-11-15(12-10-14)13-18-16-7-5-6-8-17(16)21(19,20)4-2/h5-12,18H,3-4,13H2,1-2H3. The van der Waals surface area contributed by atoms with Gasteiger partial charge in [0.15, 0.2) is 9.84 Å². The number of hydrogen-bond acceptors (Lipinski definition) is 3. The van der Waals surface area contributed by atoms with Crippen molar-refractivity contribution in [2.45, 2.75) is 31.7 Å². The van der Waals surface area contributed by atoms with E-state index in [4.69, 9.17) is 0 Å². The van der Waals surface area contributed by atoms with Gasteiger partial charge in [-0.2, -0.15) is 0 Å². The van der Waals surface area contributed by atoms with Crippen LogP contribution in [0.2, 0.25) is 0 Å². The van der Waals surface area contributed by atoms with E-state index in [9.17, 15) is 8.42 Å². The molecular formula is C17H21NO2S. The van der Waals surface area contributed by atoms with E-state index in [-0.39, 0.29) is 5.75 Å². The lowest BCUT2D eigenvalue weighted by atomic mass is 10.1. The molecule has 0 unspecified atom stereocenters. The van der Waals surface area contributed by atoms with Crippen LogP contribution in [-0.4, -0.2) is 14.2 Å². The maximum Gasteiger partial charge on any atom is 0.180 e. The molecule has 0 saturated carbocycles. The molecule has 0 bridgehead atoms. The van der Waals surface area contributed by atoms with E-state index < -0.39 is 9.84 Å². The number of nitrogens with one attached hydrogen (secondary N) is 1. The van der Waals surface area contributed by atoms with Gasteiger partial charge < -0.3 is 5.32 Å². The normalized spacial score (nSPS) is 11.3. The summed E-state index contributed by atoms with van der Waals surface area (Å²) in [6, 6.07) is 15.4. The Balaban J connectivity index is 2.16. The lowest BCUT2D eigenvalue weighted by Gasteiger charge is -2.12. The number of sulfone groups is 1.